The molecule has 2 saturated heterocycles. The summed E-state index contributed by atoms with van der Waals surface area (Å²) in [6, 6.07) is 0.567. The molecule has 1 aromatic heterocycles. The van der Waals surface area contributed by atoms with Crippen molar-refractivity contribution in [2.24, 2.45) is 18.9 Å². The number of aryl methyl sites for hydroxylation is 1. The van der Waals surface area contributed by atoms with Crippen LogP contribution in [0.4, 0.5) is 0 Å². The van der Waals surface area contributed by atoms with Crippen LogP contribution >= 0.6 is 0 Å². The van der Waals surface area contributed by atoms with Crippen LogP contribution in [0.15, 0.2) is 12.4 Å². The predicted octanol–water partition coefficient (Wildman–Crippen LogP) is 0.429. The number of hydrogen-bond donors (Lipinski definition) is 0. The molecule has 5 heteroatoms. The standard InChI is InChI=1S/C14H24N4O/c1-16(2)14-10-19-9-12-7-18(8-13(12)14)6-11-4-15-17(3)5-11/h4-5,12-14H,6-10H2,1-3H3/t12-,13-,14-/m1/s1. The summed E-state index contributed by atoms with van der Waals surface area (Å²) in [4.78, 5) is 4.88. The van der Waals surface area contributed by atoms with Crippen LogP contribution in [0.25, 0.3) is 0 Å². The van der Waals surface area contributed by atoms with Crippen LogP contribution in [0.3, 0.4) is 0 Å². The maximum Gasteiger partial charge on any atom is 0.0625 e. The zero-order chi connectivity index (χ0) is 13.4. The van der Waals surface area contributed by atoms with Crippen molar-refractivity contribution in [1.82, 2.24) is 19.6 Å². The van der Waals surface area contributed by atoms with E-state index in [4.69, 9.17) is 4.74 Å². The quantitative estimate of drug-likeness (QED) is 0.793. The molecule has 0 radical (unpaired) electrons. The van der Waals surface area contributed by atoms with Crippen molar-refractivity contribution in [3.05, 3.63) is 18.0 Å². The molecule has 2 aliphatic rings. The lowest BCUT2D eigenvalue weighted by atomic mass is 9.87. The molecule has 3 rings (SSSR count). The Hall–Kier alpha value is -0.910. The number of hydrogen-bond acceptors (Lipinski definition) is 4. The molecule has 2 fully saturated rings. The number of likely N-dealkylation sites (N-methyl/N-ethyl adjacent to an activating group) is 1. The zero-order valence-corrected chi connectivity index (χ0v) is 12.1. The number of likely N-dealkylation sites (tertiary alicyclic amines) is 1. The van der Waals surface area contributed by atoms with E-state index in [1.54, 1.807) is 0 Å². The first-order valence-electron chi connectivity index (χ1n) is 7.07. The van der Waals surface area contributed by atoms with Gasteiger partial charge in [0, 0.05) is 50.4 Å². The fraction of sp³-hybridized carbons (Fsp3) is 0.786. The summed E-state index contributed by atoms with van der Waals surface area (Å²) in [5, 5.41) is 4.25. The first kappa shape index (κ1) is 13.1. The molecule has 3 heterocycles. The Balaban J connectivity index is 1.65. The summed E-state index contributed by atoms with van der Waals surface area (Å²) in [6.45, 7) is 5.17. The van der Waals surface area contributed by atoms with Crippen molar-refractivity contribution in [3.63, 3.8) is 0 Å². The van der Waals surface area contributed by atoms with Gasteiger partial charge in [-0.1, -0.05) is 0 Å². The van der Waals surface area contributed by atoms with E-state index < -0.39 is 0 Å². The van der Waals surface area contributed by atoms with Crippen LogP contribution in [-0.2, 0) is 18.3 Å². The summed E-state index contributed by atoms with van der Waals surface area (Å²) < 4.78 is 7.65. The van der Waals surface area contributed by atoms with E-state index in [1.807, 2.05) is 17.9 Å². The highest BCUT2D eigenvalue weighted by molar-refractivity contribution is 5.05. The molecular formula is C14H24N4O. The second kappa shape index (κ2) is 5.23. The SMILES string of the molecule is CN(C)[C@@H]1COC[C@H]2CN(Cc3cnn(C)c3)C[C@H]21. The third-order valence-electron chi connectivity index (χ3n) is 4.51. The van der Waals surface area contributed by atoms with Gasteiger partial charge in [0.25, 0.3) is 0 Å². The Morgan fingerprint density at radius 1 is 1.37 bits per heavy atom. The van der Waals surface area contributed by atoms with E-state index in [9.17, 15) is 0 Å². The maximum atomic E-state index is 5.78. The van der Waals surface area contributed by atoms with Crippen LogP contribution < -0.4 is 0 Å². The first-order chi connectivity index (χ1) is 9.13. The van der Waals surface area contributed by atoms with Crippen LogP contribution in [0, 0.1) is 11.8 Å². The van der Waals surface area contributed by atoms with Gasteiger partial charge in [0.15, 0.2) is 0 Å². The average molecular weight is 264 g/mol. The fourth-order valence-corrected chi connectivity index (χ4v) is 3.54. The Morgan fingerprint density at radius 3 is 2.89 bits per heavy atom. The van der Waals surface area contributed by atoms with Crippen molar-refractivity contribution in [1.29, 1.82) is 0 Å². The van der Waals surface area contributed by atoms with Crippen LogP contribution in [-0.4, -0.2) is 66.0 Å². The van der Waals surface area contributed by atoms with Gasteiger partial charge in [0.1, 0.15) is 0 Å². The summed E-state index contributed by atoms with van der Waals surface area (Å²) >= 11 is 0. The number of nitrogens with zero attached hydrogens (tertiary/aromatic N) is 4. The van der Waals surface area contributed by atoms with E-state index in [0.29, 0.717) is 12.0 Å². The van der Waals surface area contributed by atoms with E-state index in [0.717, 1.165) is 32.2 Å². The second-order valence-corrected chi connectivity index (χ2v) is 6.21. The molecule has 19 heavy (non-hydrogen) atoms. The Labute approximate surface area is 115 Å². The number of fused-ring (bicyclic) bond motifs is 1. The lowest BCUT2D eigenvalue weighted by Gasteiger charge is -2.37. The monoisotopic (exact) mass is 264 g/mol. The summed E-state index contributed by atoms with van der Waals surface area (Å²) in [5.74, 6) is 1.44. The molecule has 3 atom stereocenters. The predicted molar refractivity (Wildman–Crippen MR) is 73.8 cm³/mol. The molecular weight excluding hydrogens is 240 g/mol. The number of aromatic nitrogens is 2. The summed E-state index contributed by atoms with van der Waals surface area (Å²) in [6.07, 6.45) is 4.09. The van der Waals surface area contributed by atoms with Gasteiger partial charge in [-0.3, -0.25) is 9.58 Å². The van der Waals surface area contributed by atoms with Crippen molar-refractivity contribution < 1.29 is 4.74 Å². The zero-order valence-electron chi connectivity index (χ0n) is 12.1. The molecule has 5 nitrogen and oxygen atoms in total. The first-order valence-corrected chi connectivity index (χ1v) is 7.07. The molecule has 0 aliphatic carbocycles. The van der Waals surface area contributed by atoms with Gasteiger partial charge in [-0.25, -0.2) is 0 Å². The molecule has 0 unspecified atom stereocenters. The lowest BCUT2D eigenvalue weighted by Crippen LogP contribution is -2.47. The minimum atomic E-state index is 0.567. The van der Waals surface area contributed by atoms with Crippen molar-refractivity contribution in [3.8, 4) is 0 Å². The normalized spacial score (nSPS) is 31.9. The third kappa shape index (κ3) is 2.68. The van der Waals surface area contributed by atoms with E-state index in [1.165, 1.54) is 12.1 Å². The minimum absolute atomic E-state index is 0.567. The lowest BCUT2D eigenvalue weighted by molar-refractivity contribution is -0.0229. The molecule has 0 amide bonds. The van der Waals surface area contributed by atoms with E-state index in [2.05, 4.69) is 35.2 Å². The van der Waals surface area contributed by atoms with Gasteiger partial charge >= 0.3 is 0 Å². The van der Waals surface area contributed by atoms with Gasteiger partial charge < -0.3 is 9.64 Å². The number of ether oxygens (including phenoxy) is 1. The largest absolute Gasteiger partial charge is 0.379 e. The molecule has 0 bridgehead atoms. The molecule has 2 aliphatic heterocycles. The van der Waals surface area contributed by atoms with Gasteiger partial charge in [-0.2, -0.15) is 5.10 Å². The maximum absolute atomic E-state index is 5.78. The van der Waals surface area contributed by atoms with Gasteiger partial charge in [0.2, 0.25) is 0 Å². The van der Waals surface area contributed by atoms with Crippen LogP contribution in [0.5, 0.6) is 0 Å². The number of rotatable bonds is 3. The topological polar surface area (TPSA) is 33.5 Å². The molecule has 1 aromatic rings. The smallest absolute Gasteiger partial charge is 0.0625 e. The van der Waals surface area contributed by atoms with E-state index in [-0.39, 0.29) is 0 Å². The van der Waals surface area contributed by atoms with Crippen LogP contribution in [0.1, 0.15) is 5.56 Å². The Kier molecular flexibility index (Phi) is 3.60. The molecule has 0 saturated carbocycles. The Morgan fingerprint density at radius 2 is 2.21 bits per heavy atom. The molecule has 0 spiro atoms. The summed E-state index contributed by atoms with van der Waals surface area (Å²) in [7, 11) is 6.31. The third-order valence-corrected chi connectivity index (χ3v) is 4.51. The highest BCUT2D eigenvalue weighted by Crippen LogP contribution is 2.32. The van der Waals surface area contributed by atoms with Crippen LogP contribution in [0.2, 0.25) is 0 Å². The summed E-state index contributed by atoms with van der Waals surface area (Å²) in [5.41, 5.74) is 1.31. The van der Waals surface area contributed by atoms with Crippen molar-refractivity contribution >= 4 is 0 Å². The molecule has 0 aromatic carbocycles. The van der Waals surface area contributed by atoms with Gasteiger partial charge in [-0.05, 0) is 20.0 Å². The Bertz CT molecular complexity index is 431. The van der Waals surface area contributed by atoms with Crippen molar-refractivity contribution in [2.75, 3.05) is 40.4 Å². The second-order valence-electron chi connectivity index (χ2n) is 6.21. The van der Waals surface area contributed by atoms with Gasteiger partial charge in [0.05, 0.1) is 19.4 Å². The molecule has 106 valence electrons. The minimum Gasteiger partial charge on any atom is -0.379 e. The highest BCUT2D eigenvalue weighted by atomic mass is 16.5. The van der Waals surface area contributed by atoms with Gasteiger partial charge in [-0.15, -0.1) is 0 Å². The van der Waals surface area contributed by atoms with Crippen molar-refractivity contribution in [2.45, 2.75) is 12.6 Å². The molecule has 0 N–H and O–H groups in total. The fourth-order valence-electron chi connectivity index (χ4n) is 3.54. The highest BCUT2D eigenvalue weighted by Gasteiger charge is 2.41. The van der Waals surface area contributed by atoms with E-state index >= 15 is 0 Å². The average Bonchev–Trinajstić information content (AvgIpc) is 2.94.